The zero-order valence-electron chi connectivity index (χ0n) is 13.5. The second-order valence-corrected chi connectivity index (χ2v) is 5.48. The van der Waals surface area contributed by atoms with Gasteiger partial charge in [-0.25, -0.2) is 9.97 Å². The summed E-state index contributed by atoms with van der Waals surface area (Å²) in [5, 5.41) is 2.68. The van der Waals surface area contributed by atoms with Gasteiger partial charge in [0.15, 0.2) is 0 Å². The van der Waals surface area contributed by atoms with Crippen LogP contribution in [0.2, 0.25) is 0 Å². The lowest BCUT2D eigenvalue weighted by atomic mass is 10.1. The quantitative estimate of drug-likeness (QED) is 0.830. The minimum atomic E-state index is -0.303. The van der Waals surface area contributed by atoms with Crippen molar-refractivity contribution in [3.8, 4) is 0 Å². The minimum absolute atomic E-state index is 0.147. The average Bonchev–Trinajstić information content (AvgIpc) is 2.55. The number of amides is 1. The smallest absolute Gasteiger partial charge is 0.229 e. The van der Waals surface area contributed by atoms with Crippen molar-refractivity contribution in [3.63, 3.8) is 0 Å². The molecular weight excluding hydrogens is 292 g/mol. The molecule has 6 heteroatoms. The summed E-state index contributed by atoms with van der Waals surface area (Å²) in [5.41, 5.74) is 2.65. The average molecular weight is 312 g/mol. The Morgan fingerprint density at radius 2 is 1.96 bits per heavy atom. The number of aromatic nitrogens is 2. The SMILES string of the molecule is Cc1ccccc1N(C)c1ncc(NC(=O)C[C@H](C)C=O)cn1. The zero-order valence-corrected chi connectivity index (χ0v) is 13.5. The molecule has 1 atom stereocenters. The number of nitrogens with one attached hydrogen (secondary N) is 1. The van der Waals surface area contributed by atoms with E-state index in [2.05, 4.69) is 15.3 Å². The van der Waals surface area contributed by atoms with Gasteiger partial charge in [-0.15, -0.1) is 0 Å². The van der Waals surface area contributed by atoms with E-state index in [9.17, 15) is 9.59 Å². The first-order chi connectivity index (χ1) is 11.0. The maximum Gasteiger partial charge on any atom is 0.229 e. The third-order valence-electron chi connectivity index (χ3n) is 3.44. The molecule has 0 saturated heterocycles. The molecule has 1 N–H and O–H groups in total. The molecule has 0 radical (unpaired) electrons. The maximum atomic E-state index is 11.7. The van der Waals surface area contributed by atoms with Crippen LogP contribution in [0.4, 0.5) is 17.3 Å². The van der Waals surface area contributed by atoms with Crippen LogP contribution in [-0.4, -0.2) is 29.2 Å². The Bertz CT molecular complexity index is 685. The van der Waals surface area contributed by atoms with E-state index in [1.54, 1.807) is 19.3 Å². The third kappa shape index (κ3) is 4.35. The molecule has 23 heavy (non-hydrogen) atoms. The molecule has 0 saturated carbocycles. The van der Waals surface area contributed by atoms with Crippen LogP contribution in [0.1, 0.15) is 18.9 Å². The fourth-order valence-electron chi connectivity index (χ4n) is 2.16. The Labute approximate surface area is 135 Å². The number of carbonyl (C=O) groups excluding carboxylic acids is 2. The first-order valence-corrected chi connectivity index (χ1v) is 7.38. The van der Waals surface area contributed by atoms with E-state index in [0.717, 1.165) is 17.5 Å². The van der Waals surface area contributed by atoms with E-state index < -0.39 is 0 Å². The van der Waals surface area contributed by atoms with Gasteiger partial charge in [0.05, 0.1) is 18.1 Å². The zero-order chi connectivity index (χ0) is 16.8. The van der Waals surface area contributed by atoms with Crippen LogP contribution in [0.5, 0.6) is 0 Å². The van der Waals surface area contributed by atoms with Crippen LogP contribution in [0.15, 0.2) is 36.7 Å². The maximum absolute atomic E-state index is 11.7. The van der Waals surface area contributed by atoms with Gasteiger partial charge in [0, 0.05) is 25.1 Å². The van der Waals surface area contributed by atoms with Gasteiger partial charge in [-0.1, -0.05) is 25.1 Å². The summed E-state index contributed by atoms with van der Waals surface area (Å²) in [6, 6.07) is 7.96. The Morgan fingerprint density at radius 1 is 1.30 bits per heavy atom. The van der Waals surface area contributed by atoms with Crippen molar-refractivity contribution < 1.29 is 9.59 Å². The van der Waals surface area contributed by atoms with Crippen molar-refractivity contribution in [3.05, 3.63) is 42.2 Å². The highest BCUT2D eigenvalue weighted by molar-refractivity contribution is 5.91. The van der Waals surface area contributed by atoms with Crippen molar-refractivity contribution in [1.82, 2.24) is 9.97 Å². The molecule has 1 aromatic carbocycles. The summed E-state index contributed by atoms with van der Waals surface area (Å²) in [7, 11) is 1.89. The lowest BCUT2D eigenvalue weighted by Gasteiger charge is -2.19. The molecule has 2 aromatic rings. The van der Waals surface area contributed by atoms with Gasteiger partial charge >= 0.3 is 0 Å². The molecule has 1 heterocycles. The molecule has 0 aliphatic carbocycles. The van der Waals surface area contributed by atoms with Crippen LogP contribution in [-0.2, 0) is 9.59 Å². The lowest BCUT2D eigenvalue weighted by Crippen LogP contribution is -2.17. The van der Waals surface area contributed by atoms with Gasteiger partial charge in [0.1, 0.15) is 6.29 Å². The van der Waals surface area contributed by atoms with Gasteiger partial charge < -0.3 is 15.0 Å². The molecule has 0 fully saturated rings. The van der Waals surface area contributed by atoms with Gasteiger partial charge in [0.2, 0.25) is 11.9 Å². The molecule has 0 aliphatic heterocycles. The highest BCUT2D eigenvalue weighted by Crippen LogP contribution is 2.23. The summed E-state index contributed by atoms with van der Waals surface area (Å²) in [6.07, 6.45) is 4.02. The molecule has 6 nitrogen and oxygen atoms in total. The van der Waals surface area contributed by atoms with Gasteiger partial charge in [-0.3, -0.25) is 4.79 Å². The molecular formula is C17H20N4O2. The number of benzene rings is 1. The van der Waals surface area contributed by atoms with Crippen molar-refractivity contribution in [1.29, 1.82) is 0 Å². The molecule has 0 spiro atoms. The number of nitrogens with zero attached hydrogens (tertiary/aromatic N) is 3. The summed E-state index contributed by atoms with van der Waals surface area (Å²) in [6.45, 7) is 3.72. The van der Waals surface area contributed by atoms with Crippen LogP contribution in [0, 0.1) is 12.8 Å². The number of para-hydroxylation sites is 1. The number of hydrogen-bond acceptors (Lipinski definition) is 5. The molecule has 0 bridgehead atoms. The van der Waals surface area contributed by atoms with E-state index in [1.165, 1.54) is 0 Å². The first-order valence-electron chi connectivity index (χ1n) is 7.38. The summed E-state index contributed by atoms with van der Waals surface area (Å²) < 4.78 is 0. The Morgan fingerprint density at radius 3 is 2.57 bits per heavy atom. The lowest BCUT2D eigenvalue weighted by molar-refractivity contribution is -0.120. The molecule has 0 unspecified atom stereocenters. The van der Waals surface area contributed by atoms with Crippen LogP contribution in [0.3, 0.4) is 0 Å². The van der Waals surface area contributed by atoms with E-state index >= 15 is 0 Å². The predicted octanol–water partition coefficient (Wildman–Crippen LogP) is 2.72. The number of aldehydes is 1. The first kappa shape index (κ1) is 16.6. The Hall–Kier alpha value is -2.76. The Kier molecular flexibility index (Phi) is 5.41. The van der Waals surface area contributed by atoms with Crippen LogP contribution in [0.25, 0.3) is 0 Å². The summed E-state index contributed by atoms with van der Waals surface area (Å²) in [4.78, 5) is 32.7. The Balaban J connectivity index is 2.06. The minimum Gasteiger partial charge on any atom is -0.323 e. The molecule has 2 rings (SSSR count). The molecule has 0 aliphatic rings. The van der Waals surface area contributed by atoms with E-state index in [4.69, 9.17) is 0 Å². The van der Waals surface area contributed by atoms with E-state index in [1.807, 2.05) is 43.1 Å². The van der Waals surface area contributed by atoms with Crippen molar-refractivity contribution in [2.24, 2.45) is 5.92 Å². The number of aryl methyl sites for hydroxylation is 1. The van der Waals surface area contributed by atoms with Crippen LogP contribution < -0.4 is 10.2 Å². The van der Waals surface area contributed by atoms with Gasteiger partial charge in [-0.2, -0.15) is 0 Å². The number of carbonyl (C=O) groups is 2. The summed E-state index contributed by atoms with van der Waals surface area (Å²) in [5.74, 6) is 0.00847. The monoisotopic (exact) mass is 312 g/mol. The van der Waals surface area contributed by atoms with E-state index in [-0.39, 0.29) is 18.2 Å². The van der Waals surface area contributed by atoms with Gasteiger partial charge in [0.25, 0.3) is 0 Å². The number of rotatable bonds is 6. The fourth-order valence-corrected chi connectivity index (χ4v) is 2.16. The largest absolute Gasteiger partial charge is 0.323 e. The highest BCUT2D eigenvalue weighted by atomic mass is 16.1. The van der Waals surface area contributed by atoms with Gasteiger partial charge in [-0.05, 0) is 18.6 Å². The topological polar surface area (TPSA) is 75.2 Å². The van der Waals surface area contributed by atoms with E-state index in [0.29, 0.717) is 11.6 Å². The summed E-state index contributed by atoms with van der Waals surface area (Å²) >= 11 is 0. The third-order valence-corrected chi connectivity index (χ3v) is 3.44. The highest BCUT2D eigenvalue weighted by Gasteiger charge is 2.11. The molecule has 120 valence electrons. The number of anilines is 3. The second kappa shape index (κ2) is 7.49. The fraction of sp³-hybridized carbons (Fsp3) is 0.294. The van der Waals surface area contributed by atoms with Crippen molar-refractivity contribution in [2.45, 2.75) is 20.3 Å². The standard InChI is InChI=1S/C17H20N4O2/c1-12(11-22)8-16(23)20-14-9-18-17(19-10-14)21(3)15-7-5-4-6-13(15)2/h4-7,9-12H,8H2,1-3H3,(H,20,23)/t12-/m0/s1. The van der Waals surface area contributed by atoms with Crippen molar-refractivity contribution >= 4 is 29.5 Å². The normalized spacial score (nSPS) is 11.6. The van der Waals surface area contributed by atoms with Crippen LogP contribution >= 0.6 is 0 Å². The predicted molar refractivity (Wildman–Crippen MR) is 89.7 cm³/mol. The van der Waals surface area contributed by atoms with Crippen molar-refractivity contribution in [2.75, 3.05) is 17.3 Å². The molecule has 1 aromatic heterocycles. The molecule has 1 amide bonds. The second-order valence-electron chi connectivity index (χ2n) is 5.48. The number of hydrogen-bond donors (Lipinski definition) is 1.